The number of carbonyl (C=O) groups excluding carboxylic acids is 3. The van der Waals surface area contributed by atoms with E-state index in [-0.39, 0.29) is 33.8 Å². The molecule has 1 heterocycles. The number of methoxy groups -OCH3 is 1. The Bertz CT molecular complexity index is 1050. The summed E-state index contributed by atoms with van der Waals surface area (Å²) in [7, 11) is 1.23. The second-order valence-electron chi connectivity index (χ2n) is 8.98. The fourth-order valence-electron chi connectivity index (χ4n) is 5.25. The van der Waals surface area contributed by atoms with Gasteiger partial charge in [-0.05, 0) is 57.1 Å². The number of halogens is 2. The molecule has 0 aromatic heterocycles. The van der Waals surface area contributed by atoms with Gasteiger partial charge in [0.1, 0.15) is 17.8 Å². The van der Waals surface area contributed by atoms with Crippen molar-refractivity contribution in [3.05, 3.63) is 57.1 Å². The van der Waals surface area contributed by atoms with Crippen LogP contribution in [0.3, 0.4) is 0 Å². The minimum Gasteiger partial charge on any atom is -0.468 e. The second-order valence-corrected chi connectivity index (χ2v) is 9.39. The summed E-state index contributed by atoms with van der Waals surface area (Å²) in [5.74, 6) is -4.85. The molecule has 1 N–H and O–H groups in total. The van der Waals surface area contributed by atoms with Crippen LogP contribution >= 0.6 is 11.6 Å². The van der Waals surface area contributed by atoms with Crippen LogP contribution in [0.15, 0.2) is 40.7 Å². The Morgan fingerprint density at radius 3 is 2.55 bits per heavy atom. The van der Waals surface area contributed by atoms with E-state index in [9.17, 15) is 14.4 Å². The summed E-state index contributed by atoms with van der Waals surface area (Å²) in [6.45, 7) is 3.50. The molecule has 4 rings (SSSR count). The van der Waals surface area contributed by atoms with Crippen LogP contribution < -0.4 is 5.32 Å². The van der Waals surface area contributed by atoms with Gasteiger partial charge in [0.05, 0.1) is 18.6 Å². The number of hydrogen-bond donors (Lipinski definition) is 1. The Hall–Kier alpha value is -2.67. The van der Waals surface area contributed by atoms with E-state index in [1.165, 1.54) is 25.3 Å². The largest absolute Gasteiger partial charge is 0.468 e. The third kappa shape index (κ3) is 4.19. The molecule has 176 valence electrons. The van der Waals surface area contributed by atoms with Crippen LogP contribution in [0.2, 0.25) is 5.02 Å². The first-order chi connectivity index (χ1) is 15.7. The molecule has 0 bridgehead atoms. The zero-order valence-electron chi connectivity index (χ0n) is 18.9. The maximum atomic E-state index is 15.2. The van der Waals surface area contributed by atoms with Crippen LogP contribution in [0.25, 0.3) is 0 Å². The number of Topliss-reactive ketones (excluding diaryl/α,β-unsaturated/α-hetero) is 1. The first kappa shape index (κ1) is 23.5. The van der Waals surface area contributed by atoms with Gasteiger partial charge in [-0.15, -0.1) is 0 Å². The highest BCUT2D eigenvalue weighted by molar-refractivity contribution is 6.31. The van der Waals surface area contributed by atoms with Gasteiger partial charge in [-0.25, -0.2) is 9.18 Å². The fourth-order valence-corrected chi connectivity index (χ4v) is 5.52. The SMILES string of the molecule is COC(=O)C1C(=O)C2=C(CC1C)NC(C)=C(C(=O)OC1CCCC1)C2c1c(F)cccc1Cl. The van der Waals surface area contributed by atoms with Crippen molar-refractivity contribution in [2.24, 2.45) is 11.8 Å². The fraction of sp³-hybridized carbons (Fsp3) is 0.480. The summed E-state index contributed by atoms with van der Waals surface area (Å²) in [5, 5.41) is 3.26. The van der Waals surface area contributed by atoms with Crippen molar-refractivity contribution in [3.8, 4) is 0 Å². The molecule has 2 aliphatic carbocycles. The van der Waals surface area contributed by atoms with E-state index in [4.69, 9.17) is 21.1 Å². The Morgan fingerprint density at radius 1 is 1.21 bits per heavy atom. The van der Waals surface area contributed by atoms with Gasteiger partial charge in [0.25, 0.3) is 0 Å². The second kappa shape index (κ2) is 9.29. The van der Waals surface area contributed by atoms with E-state index in [1.54, 1.807) is 13.8 Å². The van der Waals surface area contributed by atoms with Crippen molar-refractivity contribution in [2.45, 2.75) is 58.0 Å². The van der Waals surface area contributed by atoms with E-state index in [1.807, 2.05) is 0 Å². The maximum Gasteiger partial charge on any atom is 0.337 e. The summed E-state index contributed by atoms with van der Waals surface area (Å²) < 4.78 is 25.8. The van der Waals surface area contributed by atoms with Crippen LogP contribution in [0.1, 0.15) is 57.4 Å². The lowest BCUT2D eigenvalue weighted by atomic mass is 9.69. The van der Waals surface area contributed by atoms with E-state index in [2.05, 4.69) is 5.32 Å². The molecule has 1 fully saturated rings. The Kier molecular flexibility index (Phi) is 6.61. The number of nitrogens with one attached hydrogen (secondary N) is 1. The van der Waals surface area contributed by atoms with Gasteiger partial charge in [-0.3, -0.25) is 9.59 Å². The molecule has 3 unspecified atom stereocenters. The van der Waals surface area contributed by atoms with Crippen molar-refractivity contribution in [2.75, 3.05) is 7.11 Å². The summed E-state index contributed by atoms with van der Waals surface area (Å²) in [6.07, 6.45) is 3.64. The number of benzene rings is 1. The van der Waals surface area contributed by atoms with Gasteiger partial charge in [-0.1, -0.05) is 24.6 Å². The van der Waals surface area contributed by atoms with Crippen molar-refractivity contribution >= 4 is 29.3 Å². The van der Waals surface area contributed by atoms with E-state index in [0.29, 0.717) is 17.8 Å². The van der Waals surface area contributed by atoms with E-state index >= 15 is 4.39 Å². The first-order valence-electron chi connectivity index (χ1n) is 11.2. The summed E-state index contributed by atoms with van der Waals surface area (Å²) in [6, 6.07) is 4.23. The zero-order valence-corrected chi connectivity index (χ0v) is 19.6. The summed E-state index contributed by atoms with van der Waals surface area (Å²) in [5.41, 5.74) is 1.38. The number of esters is 2. The molecular weight excluding hydrogens is 449 g/mol. The summed E-state index contributed by atoms with van der Waals surface area (Å²) >= 11 is 6.42. The molecule has 6 nitrogen and oxygen atoms in total. The number of hydrogen-bond acceptors (Lipinski definition) is 6. The quantitative estimate of drug-likeness (QED) is 0.507. The molecule has 0 radical (unpaired) electrons. The van der Waals surface area contributed by atoms with Gasteiger partial charge in [0.2, 0.25) is 0 Å². The molecule has 1 aliphatic heterocycles. The van der Waals surface area contributed by atoms with Gasteiger partial charge in [0, 0.05) is 27.6 Å². The van der Waals surface area contributed by atoms with Crippen molar-refractivity contribution in [1.29, 1.82) is 0 Å². The molecule has 8 heteroatoms. The smallest absolute Gasteiger partial charge is 0.337 e. The topological polar surface area (TPSA) is 81.7 Å². The predicted molar refractivity (Wildman–Crippen MR) is 120 cm³/mol. The average molecular weight is 476 g/mol. The number of dihydropyridines is 1. The minimum absolute atomic E-state index is 0.0254. The zero-order chi connectivity index (χ0) is 23.9. The van der Waals surface area contributed by atoms with E-state index < -0.39 is 35.4 Å². The van der Waals surface area contributed by atoms with Crippen molar-refractivity contribution in [3.63, 3.8) is 0 Å². The highest BCUT2D eigenvalue weighted by Gasteiger charge is 2.48. The molecular formula is C25H27ClFNO5. The molecule has 0 amide bonds. The van der Waals surface area contributed by atoms with E-state index in [0.717, 1.165) is 25.7 Å². The van der Waals surface area contributed by atoms with Crippen LogP contribution in [0.5, 0.6) is 0 Å². The third-order valence-electron chi connectivity index (χ3n) is 6.83. The van der Waals surface area contributed by atoms with Crippen LogP contribution in [0.4, 0.5) is 4.39 Å². The monoisotopic (exact) mass is 475 g/mol. The lowest BCUT2D eigenvalue weighted by Crippen LogP contribution is -2.43. The van der Waals surface area contributed by atoms with Gasteiger partial charge < -0.3 is 14.8 Å². The molecule has 1 aromatic carbocycles. The van der Waals surface area contributed by atoms with Gasteiger partial charge in [0.15, 0.2) is 5.78 Å². The number of carbonyl (C=O) groups is 3. The summed E-state index contributed by atoms with van der Waals surface area (Å²) in [4.78, 5) is 39.5. The highest BCUT2D eigenvalue weighted by Crippen LogP contribution is 2.47. The Labute approximate surface area is 197 Å². The lowest BCUT2D eigenvalue weighted by Gasteiger charge is -2.38. The molecule has 3 aliphatic rings. The molecule has 33 heavy (non-hydrogen) atoms. The number of allylic oxidation sites excluding steroid dienone is 3. The van der Waals surface area contributed by atoms with Gasteiger partial charge >= 0.3 is 11.9 Å². The third-order valence-corrected chi connectivity index (χ3v) is 7.16. The Morgan fingerprint density at radius 2 is 1.91 bits per heavy atom. The maximum absolute atomic E-state index is 15.2. The van der Waals surface area contributed by atoms with Gasteiger partial charge in [-0.2, -0.15) is 0 Å². The number of ether oxygens (including phenoxy) is 2. The number of ketones is 1. The molecule has 1 saturated carbocycles. The first-order valence-corrected chi connectivity index (χ1v) is 11.6. The lowest BCUT2D eigenvalue weighted by molar-refractivity contribution is -0.151. The Balaban J connectivity index is 1.86. The van der Waals surface area contributed by atoms with Crippen LogP contribution in [-0.4, -0.2) is 30.9 Å². The van der Waals surface area contributed by atoms with Crippen molar-refractivity contribution < 1.29 is 28.2 Å². The normalized spacial score (nSPS) is 25.6. The van der Waals surface area contributed by atoms with Crippen LogP contribution in [0, 0.1) is 17.7 Å². The molecule has 0 spiro atoms. The molecule has 3 atom stereocenters. The standard InChI is InChI=1S/C25H27ClFNO5/c1-12-11-17-21(23(29)18(12)24(30)32-3)22(20-15(26)9-6-10-16(20)27)19(13(2)28-17)25(31)33-14-7-4-5-8-14/h6,9-10,12,14,18,22,28H,4-5,7-8,11H2,1-3H3. The number of rotatable bonds is 4. The molecule has 0 saturated heterocycles. The highest BCUT2D eigenvalue weighted by atomic mass is 35.5. The minimum atomic E-state index is -1.09. The van der Waals surface area contributed by atoms with Crippen LogP contribution in [-0.2, 0) is 23.9 Å². The average Bonchev–Trinajstić information content (AvgIpc) is 3.25. The predicted octanol–water partition coefficient (Wildman–Crippen LogP) is 4.58. The molecule has 1 aromatic rings. The van der Waals surface area contributed by atoms with Crippen molar-refractivity contribution in [1.82, 2.24) is 5.32 Å².